The number of hydrogen-bond acceptors (Lipinski definition) is 1. The summed E-state index contributed by atoms with van der Waals surface area (Å²) in [5.41, 5.74) is 1.54. The molecule has 2 aliphatic carbocycles. The van der Waals surface area contributed by atoms with Crippen LogP contribution in [0.3, 0.4) is 0 Å². The zero-order valence-corrected chi connectivity index (χ0v) is 8.07. The van der Waals surface area contributed by atoms with Gasteiger partial charge in [0.15, 0.2) is 0 Å². The molecular formula is C12H16O. The van der Waals surface area contributed by atoms with Gasteiger partial charge in [0.2, 0.25) is 0 Å². The minimum Gasteiger partial charge on any atom is -0.505 e. The molecule has 2 atom stereocenters. The van der Waals surface area contributed by atoms with Crippen LogP contribution in [0.2, 0.25) is 0 Å². The molecule has 0 aliphatic heterocycles. The van der Waals surface area contributed by atoms with Gasteiger partial charge in [-0.3, -0.25) is 0 Å². The summed E-state index contributed by atoms with van der Waals surface area (Å²) in [5.74, 6) is 1.43. The molecule has 0 saturated carbocycles. The van der Waals surface area contributed by atoms with Crippen LogP contribution in [-0.2, 0) is 4.74 Å². The maximum Gasteiger partial charge on any atom is 0.0787 e. The van der Waals surface area contributed by atoms with Gasteiger partial charge in [-0.25, -0.2) is 0 Å². The highest BCUT2D eigenvalue weighted by atomic mass is 16.5. The summed E-state index contributed by atoms with van der Waals surface area (Å²) in [7, 11) is 1.71. The molecule has 0 fully saturated rings. The zero-order valence-electron chi connectivity index (χ0n) is 8.07. The van der Waals surface area contributed by atoms with Crippen molar-refractivity contribution in [3.8, 4) is 0 Å². The number of ether oxygens (including phenoxy) is 1. The summed E-state index contributed by atoms with van der Waals surface area (Å²) in [6.07, 6.45) is 14.7. The third-order valence-electron chi connectivity index (χ3n) is 2.98. The van der Waals surface area contributed by atoms with Gasteiger partial charge in [-0.2, -0.15) is 0 Å². The average molecular weight is 176 g/mol. The van der Waals surface area contributed by atoms with Crippen LogP contribution in [-0.4, -0.2) is 7.11 Å². The molecule has 2 rings (SSSR count). The van der Waals surface area contributed by atoms with E-state index in [1.165, 1.54) is 24.8 Å². The van der Waals surface area contributed by atoms with Gasteiger partial charge in [0.25, 0.3) is 0 Å². The van der Waals surface area contributed by atoms with Crippen molar-refractivity contribution in [2.24, 2.45) is 11.8 Å². The van der Waals surface area contributed by atoms with Gasteiger partial charge in [-0.1, -0.05) is 18.2 Å². The van der Waals surface area contributed by atoms with Crippen LogP contribution in [0.25, 0.3) is 0 Å². The van der Waals surface area contributed by atoms with Crippen molar-refractivity contribution in [3.05, 3.63) is 36.1 Å². The molecule has 0 radical (unpaired) electrons. The van der Waals surface area contributed by atoms with Crippen molar-refractivity contribution in [3.63, 3.8) is 0 Å². The second-order valence-corrected chi connectivity index (χ2v) is 3.75. The molecule has 1 heteroatoms. The maximum atomic E-state index is 4.97. The summed E-state index contributed by atoms with van der Waals surface area (Å²) in [4.78, 5) is 0. The average Bonchev–Trinajstić information content (AvgIpc) is 2.62. The van der Waals surface area contributed by atoms with Crippen LogP contribution >= 0.6 is 0 Å². The molecule has 70 valence electrons. The van der Waals surface area contributed by atoms with Gasteiger partial charge >= 0.3 is 0 Å². The highest BCUT2D eigenvalue weighted by molar-refractivity contribution is 5.30. The van der Waals surface area contributed by atoms with Crippen LogP contribution in [0.5, 0.6) is 0 Å². The number of hydrogen-bond donors (Lipinski definition) is 0. The molecular weight excluding hydrogens is 160 g/mol. The van der Waals surface area contributed by atoms with E-state index in [1.807, 2.05) is 6.26 Å². The second kappa shape index (κ2) is 3.82. The Kier molecular flexibility index (Phi) is 2.53. The monoisotopic (exact) mass is 176 g/mol. The Hall–Kier alpha value is -0.980. The van der Waals surface area contributed by atoms with Gasteiger partial charge in [0.05, 0.1) is 13.4 Å². The first-order valence-electron chi connectivity index (χ1n) is 4.98. The summed E-state index contributed by atoms with van der Waals surface area (Å²) in [6, 6.07) is 0. The fraction of sp³-hybridized carbons (Fsp3) is 0.500. The summed E-state index contributed by atoms with van der Waals surface area (Å²) in [6.45, 7) is 0. The highest BCUT2D eigenvalue weighted by Crippen LogP contribution is 2.38. The molecule has 0 amide bonds. The van der Waals surface area contributed by atoms with Crippen LogP contribution in [0.4, 0.5) is 0 Å². The maximum absolute atomic E-state index is 4.97. The van der Waals surface area contributed by atoms with Crippen molar-refractivity contribution >= 4 is 0 Å². The highest BCUT2D eigenvalue weighted by Gasteiger charge is 2.26. The molecule has 2 aliphatic rings. The molecule has 0 spiro atoms. The molecule has 0 N–H and O–H groups in total. The summed E-state index contributed by atoms with van der Waals surface area (Å²) >= 11 is 0. The van der Waals surface area contributed by atoms with Gasteiger partial charge in [-0.15, -0.1) is 0 Å². The van der Waals surface area contributed by atoms with E-state index in [9.17, 15) is 0 Å². The molecule has 0 aromatic heterocycles. The molecule has 1 nitrogen and oxygen atoms in total. The molecule has 0 saturated heterocycles. The summed E-state index contributed by atoms with van der Waals surface area (Å²) < 4.78 is 4.97. The lowest BCUT2D eigenvalue weighted by Crippen LogP contribution is -2.14. The van der Waals surface area contributed by atoms with Crippen molar-refractivity contribution in [1.82, 2.24) is 0 Å². The van der Waals surface area contributed by atoms with Gasteiger partial charge in [0, 0.05) is 0 Å². The number of fused-ring (bicyclic) bond motifs is 1. The normalized spacial score (nSPS) is 31.9. The van der Waals surface area contributed by atoms with Gasteiger partial charge in [0.1, 0.15) is 0 Å². The Bertz CT molecular complexity index is 260. The van der Waals surface area contributed by atoms with Crippen molar-refractivity contribution < 1.29 is 4.74 Å². The van der Waals surface area contributed by atoms with Crippen LogP contribution in [0.1, 0.15) is 19.3 Å². The molecule has 0 heterocycles. The van der Waals surface area contributed by atoms with Crippen molar-refractivity contribution in [2.75, 3.05) is 7.11 Å². The van der Waals surface area contributed by atoms with Crippen LogP contribution in [0, 0.1) is 11.8 Å². The van der Waals surface area contributed by atoms with Gasteiger partial charge < -0.3 is 4.74 Å². The fourth-order valence-corrected chi connectivity index (χ4v) is 2.32. The molecule has 13 heavy (non-hydrogen) atoms. The quantitative estimate of drug-likeness (QED) is 0.587. The lowest BCUT2D eigenvalue weighted by molar-refractivity contribution is 0.328. The molecule has 0 aromatic rings. The van der Waals surface area contributed by atoms with Crippen molar-refractivity contribution in [1.29, 1.82) is 0 Å². The Balaban J connectivity index is 2.09. The zero-order chi connectivity index (χ0) is 9.10. The predicted molar refractivity (Wildman–Crippen MR) is 54.2 cm³/mol. The van der Waals surface area contributed by atoms with Crippen LogP contribution in [0.15, 0.2) is 36.1 Å². The standard InChI is InChI=1S/C12H16O/c1-13-9-8-11-5-2-4-10-6-3-7-12(10)11/h2,4,6,8-9,11-12H,3,5,7H2,1H3/b9-8+. The minimum absolute atomic E-state index is 0.665. The van der Waals surface area contributed by atoms with E-state index in [1.54, 1.807) is 7.11 Å². The first-order valence-corrected chi connectivity index (χ1v) is 4.98. The Morgan fingerprint density at radius 1 is 1.54 bits per heavy atom. The predicted octanol–water partition coefficient (Wildman–Crippen LogP) is 3.06. The Labute approximate surface area is 79.8 Å². The fourth-order valence-electron chi connectivity index (χ4n) is 2.32. The van der Waals surface area contributed by atoms with E-state index < -0.39 is 0 Å². The molecule has 0 aromatic carbocycles. The Morgan fingerprint density at radius 2 is 2.46 bits per heavy atom. The first kappa shape index (κ1) is 8.61. The number of methoxy groups -OCH3 is 1. The lowest BCUT2D eigenvalue weighted by Gasteiger charge is -2.24. The number of allylic oxidation sites excluding steroid dienone is 5. The summed E-state index contributed by atoms with van der Waals surface area (Å²) in [5, 5.41) is 0. The lowest BCUT2D eigenvalue weighted by atomic mass is 9.81. The number of rotatable bonds is 2. The molecule has 2 unspecified atom stereocenters. The van der Waals surface area contributed by atoms with Crippen LogP contribution < -0.4 is 0 Å². The second-order valence-electron chi connectivity index (χ2n) is 3.75. The smallest absolute Gasteiger partial charge is 0.0787 e. The van der Waals surface area contributed by atoms with Gasteiger partial charge in [-0.05, 0) is 42.7 Å². The third kappa shape index (κ3) is 1.69. The van der Waals surface area contributed by atoms with E-state index in [0.29, 0.717) is 5.92 Å². The topological polar surface area (TPSA) is 9.23 Å². The van der Waals surface area contributed by atoms with E-state index in [4.69, 9.17) is 4.74 Å². The first-order chi connectivity index (χ1) is 6.42. The van der Waals surface area contributed by atoms with E-state index in [2.05, 4.69) is 24.3 Å². The van der Waals surface area contributed by atoms with Crippen molar-refractivity contribution in [2.45, 2.75) is 19.3 Å². The van der Waals surface area contributed by atoms with E-state index in [-0.39, 0.29) is 0 Å². The minimum atomic E-state index is 0.665. The largest absolute Gasteiger partial charge is 0.505 e. The SMILES string of the molecule is CO/C=C/C1CC=CC2=CCCC21. The van der Waals surface area contributed by atoms with E-state index in [0.717, 1.165) is 5.92 Å². The Morgan fingerprint density at radius 3 is 3.31 bits per heavy atom. The molecule has 0 bridgehead atoms. The van der Waals surface area contributed by atoms with E-state index >= 15 is 0 Å². The third-order valence-corrected chi connectivity index (χ3v) is 2.98.